The van der Waals surface area contributed by atoms with E-state index in [2.05, 4.69) is 10.1 Å². The smallest absolute Gasteiger partial charge is 0.290 e. The molecule has 0 aliphatic heterocycles. The zero-order valence-electron chi connectivity index (χ0n) is 15.1. The molecule has 0 amide bonds. The third-order valence-corrected chi connectivity index (χ3v) is 6.14. The van der Waals surface area contributed by atoms with Gasteiger partial charge in [0, 0.05) is 22.7 Å². The summed E-state index contributed by atoms with van der Waals surface area (Å²) in [6, 6.07) is 14.9. The molecule has 1 aliphatic carbocycles. The second-order valence-corrected chi connectivity index (χ2v) is 8.55. The lowest BCUT2D eigenvalue weighted by Gasteiger charge is -2.25. The van der Waals surface area contributed by atoms with Crippen molar-refractivity contribution in [2.75, 3.05) is 0 Å². The van der Waals surface area contributed by atoms with Crippen LogP contribution < -0.4 is 0 Å². The molecule has 6 nitrogen and oxygen atoms in total. The van der Waals surface area contributed by atoms with Crippen LogP contribution in [0, 0.1) is 0 Å². The molecular formula is C21H16FN3O3S. The number of allylic oxidation sites excluding steroid dienone is 4. The van der Waals surface area contributed by atoms with Gasteiger partial charge < -0.3 is 4.98 Å². The first-order valence-electron chi connectivity index (χ1n) is 8.95. The molecule has 146 valence electrons. The Bertz CT molecular complexity index is 1400. The van der Waals surface area contributed by atoms with Gasteiger partial charge in [-0.2, -0.15) is 13.5 Å². The number of aromatic amines is 1. The highest BCUT2D eigenvalue weighted by molar-refractivity contribution is 7.89. The number of aromatic nitrogens is 3. The Kier molecular flexibility index (Phi) is 3.77. The van der Waals surface area contributed by atoms with Crippen LogP contribution >= 0.6 is 0 Å². The van der Waals surface area contributed by atoms with Crippen molar-refractivity contribution in [2.45, 2.75) is 12.1 Å². The van der Waals surface area contributed by atoms with Gasteiger partial charge in [0.2, 0.25) is 0 Å². The summed E-state index contributed by atoms with van der Waals surface area (Å²) in [7, 11) is -4.44. The van der Waals surface area contributed by atoms with Crippen molar-refractivity contribution in [2.24, 2.45) is 0 Å². The van der Waals surface area contributed by atoms with Gasteiger partial charge in [0.25, 0.3) is 10.1 Å². The maximum atomic E-state index is 15.5. The fourth-order valence-corrected chi connectivity index (χ4v) is 4.35. The number of hydrogen-bond donors (Lipinski definition) is 2. The number of fused-ring (bicyclic) bond motifs is 2. The second-order valence-electron chi connectivity index (χ2n) is 7.08. The summed E-state index contributed by atoms with van der Waals surface area (Å²) in [6.45, 7) is 0. The molecule has 29 heavy (non-hydrogen) atoms. The van der Waals surface area contributed by atoms with Crippen LogP contribution in [0.4, 0.5) is 4.39 Å². The van der Waals surface area contributed by atoms with E-state index in [4.69, 9.17) is 0 Å². The molecule has 1 atom stereocenters. The summed E-state index contributed by atoms with van der Waals surface area (Å²) in [4.78, 5) is 2.96. The average Bonchev–Trinajstić information content (AvgIpc) is 3.30. The van der Waals surface area contributed by atoms with Crippen molar-refractivity contribution < 1.29 is 17.4 Å². The number of benzene rings is 2. The number of H-pyrrole nitrogens is 1. The van der Waals surface area contributed by atoms with E-state index in [1.165, 1.54) is 18.2 Å². The summed E-state index contributed by atoms with van der Waals surface area (Å²) in [5.74, 6) is 0.790. The first kappa shape index (κ1) is 17.8. The predicted octanol–water partition coefficient (Wildman–Crippen LogP) is 4.40. The van der Waals surface area contributed by atoms with Crippen molar-refractivity contribution in [3.8, 4) is 5.82 Å². The fraction of sp³-hybridized carbons (Fsp3) is 0.0952. The molecule has 0 bridgehead atoms. The number of hydrogen-bond acceptors (Lipinski definition) is 3. The molecule has 1 aliphatic rings. The van der Waals surface area contributed by atoms with Crippen LogP contribution in [0.15, 0.2) is 77.9 Å². The largest absolute Gasteiger partial charge is 0.340 e. The van der Waals surface area contributed by atoms with E-state index in [1.807, 2.05) is 30.3 Å². The lowest BCUT2D eigenvalue weighted by atomic mass is 9.88. The molecule has 0 spiro atoms. The Hall–Kier alpha value is -3.23. The zero-order valence-corrected chi connectivity index (χ0v) is 15.9. The lowest BCUT2D eigenvalue weighted by Crippen LogP contribution is -2.22. The van der Waals surface area contributed by atoms with Gasteiger partial charge in [-0.3, -0.25) is 4.55 Å². The number of rotatable bonds is 3. The summed E-state index contributed by atoms with van der Waals surface area (Å²) < 4.78 is 49.4. The molecule has 2 aromatic carbocycles. The highest BCUT2D eigenvalue weighted by Gasteiger charge is 2.35. The maximum absolute atomic E-state index is 15.5. The van der Waals surface area contributed by atoms with Gasteiger partial charge in [-0.15, -0.1) is 0 Å². The molecule has 2 heterocycles. The van der Waals surface area contributed by atoms with Crippen LogP contribution in [0.25, 0.3) is 27.6 Å². The monoisotopic (exact) mass is 409 g/mol. The first-order valence-corrected chi connectivity index (χ1v) is 10.4. The Balaban J connectivity index is 1.56. The minimum atomic E-state index is -4.44. The second kappa shape index (κ2) is 6.13. The van der Waals surface area contributed by atoms with Gasteiger partial charge in [-0.05, 0) is 42.0 Å². The number of halogens is 1. The van der Waals surface area contributed by atoms with E-state index in [9.17, 15) is 13.0 Å². The number of nitrogens with zero attached hydrogens (tertiary/aromatic N) is 2. The molecule has 2 N–H and O–H groups in total. The number of nitrogens with one attached hydrogen (secondary N) is 1. The highest BCUT2D eigenvalue weighted by atomic mass is 32.2. The topological polar surface area (TPSA) is 88.0 Å². The average molecular weight is 409 g/mol. The van der Waals surface area contributed by atoms with Crippen LogP contribution in [-0.4, -0.2) is 27.7 Å². The molecule has 8 heteroatoms. The minimum absolute atomic E-state index is 0.298. The zero-order chi connectivity index (χ0) is 20.2. The Labute approximate surface area is 165 Å². The molecule has 0 radical (unpaired) electrons. The van der Waals surface area contributed by atoms with Gasteiger partial charge in [0.1, 0.15) is 5.82 Å². The van der Waals surface area contributed by atoms with Crippen LogP contribution in [0.1, 0.15) is 12.0 Å². The Morgan fingerprint density at radius 1 is 1.14 bits per heavy atom. The van der Waals surface area contributed by atoms with Gasteiger partial charge in [-0.1, -0.05) is 30.3 Å². The van der Waals surface area contributed by atoms with E-state index < -0.39 is 22.2 Å². The SMILES string of the molecule is O=S(=O)(O)C1=CC=CC(F)(c2ccc3c(cnn3-c3cc4ccccc4[nH]3)c2)C1. The summed E-state index contributed by atoms with van der Waals surface area (Å²) in [5.41, 5.74) is 0.0420. The summed E-state index contributed by atoms with van der Waals surface area (Å²) >= 11 is 0. The lowest BCUT2D eigenvalue weighted by molar-refractivity contribution is 0.233. The summed E-state index contributed by atoms with van der Waals surface area (Å²) in [5, 5.41) is 6.20. The maximum Gasteiger partial charge on any atom is 0.290 e. The molecule has 0 saturated carbocycles. The molecule has 1 unspecified atom stereocenters. The fourth-order valence-electron chi connectivity index (χ4n) is 3.71. The van der Waals surface area contributed by atoms with Gasteiger partial charge in [0.15, 0.2) is 5.67 Å². The quantitative estimate of drug-likeness (QED) is 0.491. The Morgan fingerprint density at radius 2 is 1.97 bits per heavy atom. The predicted molar refractivity (Wildman–Crippen MR) is 109 cm³/mol. The minimum Gasteiger partial charge on any atom is -0.340 e. The Morgan fingerprint density at radius 3 is 2.76 bits per heavy atom. The first-order chi connectivity index (χ1) is 13.8. The van der Waals surface area contributed by atoms with Crippen molar-refractivity contribution in [3.05, 3.63) is 83.4 Å². The van der Waals surface area contributed by atoms with Crippen LogP contribution in [-0.2, 0) is 15.8 Å². The standard InChI is InChI=1S/C21H16FN3O3S/c22-21(9-3-5-17(12-21)29(26,27)28)16-7-8-19-15(10-16)13-23-25(19)20-11-14-4-1-2-6-18(14)24-20/h1-11,13,24H,12H2,(H,26,27,28). The summed E-state index contributed by atoms with van der Waals surface area (Å²) in [6.07, 6.45) is 5.00. The normalized spacial score (nSPS) is 19.7. The van der Waals surface area contributed by atoms with Crippen molar-refractivity contribution in [1.82, 2.24) is 14.8 Å². The van der Waals surface area contributed by atoms with Crippen LogP contribution in [0.5, 0.6) is 0 Å². The molecule has 5 rings (SSSR count). The van der Waals surface area contributed by atoms with Crippen molar-refractivity contribution in [3.63, 3.8) is 0 Å². The highest BCUT2D eigenvalue weighted by Crippen LogP contribution is 2.39. The molecular weight excluding hydrogens is 393 g/mol. The third kappa shape index (κ3) is 2.97. The van der Waals surface area contributed by atoms with E-state index in [1.54, 1.807) is 29.1 Å². The van der Waals surface area contributed by atoms with E-state index >= 15 is 4.39 Å². The van der Waals surface area contributed by atoms with E-state index in [-0.39, 0.29) is 4.91 Å². The third-order valence-electron chi connectivity index (χ3n) is 5.20. The van der Waals surface area contributed by atoms with Crippen molar-refractivity contribution >= 4 is 31.9 Å². The van der Waals surface area contributed by atoms with Gasteiger partial charge in [0.05, 0.1) is 16.6 Å². The number of alkyl halides is 1. The number of para-hydroxylation sites is 1. The van der Waals surface area contributed by atoms with Gasteiger partial charge >= 0.3 is 0 Å². The van der Waals surface area contributed by atoms with Crippen molar-refractivity contribution in [1.29, 1.82) is 0 Å². The molecule has 0 fully saturated rings. The van der Waals surface area contributed by atoms with Crippen LogP contribution in [0.2, 0.25) is 0 Å². The van der Waals surface area contributed by atoms with E-state index in [0.717, 1.165) is 27.6 Å². The van der Waals surface area contributed by atoms with Gasteiger partial charge in [-0.25, -0.2) is 9.07 Å². The molecule has 0 saturated heterocycles. The van der Waals surface area contributed by atoms with E-state index in [0.29, 0.717) is 5.56 Å². The van der Waals surface area contributed by atoms with Crippen LogP contribution in [0.3, 0.4) is 0 Å². The molecule has 4 aromatic rings. The molecule has 2 aromatic heterocycles.